The fourth-order valence-electron chi connectivity index (χ4n) is 3.25. The number of fused-ring (bicyclic) bond motifs is 2. The van der Waals surface area contributed by atoms with Crippen molar-refractivity contribution in [1.82, 2.24) is 9.78 Å². The maximum absolute atomic E-state index is 12.1. The number of hydrogen-bond donors (Lipinski definition) is 1. The van der Waals surface area contributed by atoms with Crippen molar-refractivity contribution in [3.05, 3.63) is 18.0 Å². The van der Waals surface area contributed by atoms with Crippen LogP contribution in [0.3, 0.4) is 0 Å². The fourth-order valence-corrected chi connectivity index (χ4v) is 5.41. The molecule has 0 radical (unpaired) electrons. The highest BCUT2D eigenvalue weighted by molar-refractivity contribution is 7.86. The van der Waals surface area contributed by atoms with E-state index >= 15 is 0 Å². The predicted octanol–water partition coefficient (Wildman–Crippen LogP) is 1.90. The molecular formula is C14H22N2O2S. The van der Waals surface area contributed by atoms with Crippen molar-refractivity contribution >= 4 is 10.8 Å². The minimum Gasteiger partial charge on any atom is -0.385 e. The van der Waals surface area contributed by atoms with Gasteiger partial charge in [-0.3, -0.25) is 8.89 Å². The Hall–Kier alpha value is -0.680. The first-order valence-electron chi connectivity index (χ1n) is 6.97. The van der Waals surface area contributed by atoms with Crippen molar-refractivity contribution in [3.63, 3.8) is 0 Å². The van der Waals surface area contributed by atoms with E-state index in [1.807, 2.05) is 10.9 Å². The minimum absolute atomic E-state index is 0.0783. The number of hydrogen-bond acceptors (Lipinski definition) is 3. The van der Waals surface area contributed by atoms with Crippen molar-refractivity contribution in [2.45, 2.75) is 68.1 Å². The second kappa shape index (κ2) is 4.16. The maximum atomic E-state index is 12.1. The number of aromatic nitrogens is 2. The molecule has 0 aliphatic carbocycles. The van der Waals surface area contributed by atoms with E-state index in [0.29, 0.717) is 12.8 Å². The van der Waals surface area contributed by atoms with Gasteiger partial charge in [-0.1, -0.05) is 0 Å². The van der Waals surface area contributed by atoms with Gasteiger partial charge in [-0.2, -0.15) is 5.10 Å². The van der Waals surface area contributed by atoms with Gasteiger partial charge in [-0.05, 0) is 46.5 Å². The summed E-state index contributed by atoms with van der Waals surface area (Å²) in [4.78, 5) is 0. The van der Waals surface area contributed by atoms with E-state index in [1.165, 1.54) is 0 Å². The third-order valence-corrected chi connectivity index (χ3v) is 6.52. The molecule has 2 aliphatic heterocycles. The van der Waals surface area contributed by atoms with Crippen molar-refractivity contribution in [1.29, 1.82) is 0 Å². The molecule has 0 saturated carbocycles. The molecule has 0 spiro atoms. The fraction of sp³-hybridized carbons (Fsp3) is 0.786. The number of nitrogens with zero attached hydrogens (tertiary/aromatic N) is 2. The molecule has 106 valence electrons. The average molecular weight is 282 g/mol. The lowest BCUT2D eigenvalue weighted by atomic mass is 9.88. The van der Waals surface area contributed by atoms with E-state index in [9.17, 15) is 9.32 Å². The summed E-state index contributed by atoms with van der Waals surface area (Å²) in [7, 11) is -0.736. The zero-order valence-electron chi connectivity index (χ0n) is 11.8. The van der Waals surface area contributed by atoms with Gasteiger partial charge in [-0.25, -0.2) is 0 Å². The molecule has 4 nitrogen and oxygen atoms in total. The molecule has 0 amide bonds. The lowest BCUT2D eigenvalue weighted by molar-refractivity contribution is 0.0183. The molecule has 2 fully saturated rings. The van der Waals surface area contributed by atoms with Gasteiger partial charge in [0.25, 0.3) is 0 Å². The van der Waals surface area contributed by atoms with Crippen LogP contribution in [0, 0.1) is 0 Å². The van der Waals surface area contributed by atoms with E-state index in [2.05, 4.69) is 25.9 Å². The first kappa shape index (κ1) is 13.3. The van der Waals surface area contributed by atoms with Crippen LogP contribution in [0.25, 0.3) is 0 Å². The molecule has 1 aromatic heterocycles. The lowest BCUT2D eigenvalue weighted by Gasteiger charge is -2.35. The molecule has 2 saturated heterocycles. The minimum atomic E-state index is -0.830. The van der Waals surface area contributed by atoms with Gasteiger partial charge < -0.3 is 5.11 Å². The first-order chi connectivity index (χ1) is 8.79. The van der Waals surface area contributed by atoms with Crippen molar-refractivity contribution in [2.24, 2.45) is 0 Å². The maximum Gasteiger partial charge on any atom is 0.0949 e. The largest absolute Gasteiger partial charge is 0.385 e. The third-order valence-electron chi connectivity index (χ3n) is 4.41. The molecule has 19 heavy (non-hydrogen) atoms. The van der Waals surface area contributed by atoms with E-state index < -0.39 is 16.4 Å². The molecule has 2 bridgehead atoms. The Labute approximate surface area is 116 Å². The van der Waals surface area contributed by atoms with Crippen LogP contribution >= 0.6 is 0 Å². The van der Waals surface area contributed by atoms with Gasteiger partial charge in [0.15, 0.2) is 0 Å². The van der Waals surface area contributed by atoms with Crippen molar-refractivity contribution in [2.75, 3.05) is 0 Å². The Morgan fingerprint density at radius 3 is 2.42 bits per heavy atom. The summed E-state index contributed by atoms with van der Waals surface area (Å²) >= 11 is 0. The topological polar surface area (TPSA) is 55.1 Å². The quantitative estimate of drug-likeness (QED) is 0.856. The van der Waals surface area contributed by atoms with Gasteiger partial charge in [0.05, 0.1) is 17.3 Å². The summed E-state index contributed by atoms with van der Waals surface area (Å²) in [5.41, 5.74) is -0.0232. The van der Waals surface area contributed by atoms with E-state index in [0.717, 1.165) is 18.4 Å². The van der Waals surface area contributed by atoms with Crippen LogP contribution in [0.1, 0.15) is 52.0 Å². The molecular weight excluding hydrogens is 260 g/mol. The molecule has 2 aliphatic rings. The molecule has 3 heterocycles. The molecule has 1 N–H and O–H groups in total. The summed E-state index contributed by atoms with van der Waals surface area (Å²) in [5.74, 6) is 0. The molecule has 2 atom stereocenters. The van der Waals surface area contributed by atoms with Crippen LogP contribution in [-0.4, -0.2) is 29.6 Å². The van der Waals surface area contributed by atoms with E-state index in [-0.39, 0.29) is 16.0 Å². The standard InChI is InChI=1S/C14H22N2O2S/c1-13(2,3)16-9-10(8-15-16)14(17)6-11-4-5-12(7-14)19(11)18/h8-9,11-12,17H,4-7H2,1-3H3. The second-order valence-electron chi connectivity index (χ2n) is 6.93. The van der Waals surface area contributed by atoms with Gasteiger partial charge >= 0.3 is 0 Å². The Morgan fingerprint density at radius 1 is 1.37 bits per heavy atom. The monoisotopic (exact) mass is 282 g/mol. The third kappa shape index (κ3) is 2.17. The number of aliphatic hydroxyl groups is 1. The van der Waals surface area contributed by atoms with Crippen LogP contribution < -0.4 is 0 Å². The molecule has 5 heteroatoms. The molecule has 2 unspecified atom stereocenters. The van der Waals surface area contributed by atoms with E-state index in [1.54, 1.807) is 6.20 Å². The summed E-state index contributed by atoms with van der Waals surface area (Å²) in [6, 6.07) is 0. The summed E-state index contributed by atoms with van der Waals surface area (Å²) < 4.78 is 13.9. The van der Waals surface area contributed by atoms with Crippen LogP contribution in [0.2, 0.25) is 0 Å². The van der Waals surface area contributed by atoms with Crippen LogP contribution in [-0.2, 0) is 21.9 Å². The zero-order chi connectivity index (χ0) is 13.8. The first-order valence-corrected chi connectivity index (χ1v) is 8.25. The molecule has 0 aromatic carbocycles. The van der Waals surface area contributed by atoms with Crippen LogP contribution in [0.5, 0.6) is 0 Å². The van der Waals surface area contributed by atoms with E-state index in [4.69, 9.17) is 0 Å². The van der Waals surface area contributed by atoms with Crippen molar-refractivity contribution in [3.8, 4) is 0 Å². The average Bonchev–Trinajstić information content (AvgIpc) is 2.86. The summed E-state index contributed by atoms with van der Waals surface area (Å²) in [6.45, 7) is 6.27. The highest BCUT2D eigenvalue weighted by Gasteiger charge is 2.48. The SMILES string of the molecule is CC(C)(C)n1cc(C2(O)CC3CCC(C2)S3=O)cn1. The zero-order valence-corrected chi connectivity index (χ0v) is 12.6. The smallest absolute Gasteiger partial charge is 0.0949 e. The highest BCUT2D eigenvalue weighted by Crippen LogP contribution is 2.45. The second-order valence-corrected chi connectivity index (χ2v) is 8.92. The molecule has 1 aromatic rings. The highest BCUT2D eigenvalue weighted by atomic mass is 32.2. The number of rotatable bonds is 1. The lowest BCUT2D eigenvalue weighted by Crippen LogP contribution is -2.40. The Bertz CT molecular complexity index is 502. The Balaban J connectivity index is 1.90. The van der Waals surface area contributed by atoms with Gasteiger partial charge in [0.1, 0.15) is 0 Å². The molecule has 3 rings (SSSR count). The predicted molar refractivity (Wildman–Crippen MR) is 75.3 cm³/mol. The van der Waals surface area contributed by atoms with Gasteiger partial charge in [0, 0.05) is 33.1 Å². The van der Waals surface area contributed by atoms with Crippen molar-refractivity contribution < 1.29 is 9.32 Å². The summed E-state index contributed by atoms with van der Waals surface area (Å²) in [6.07, 6.45) is 6.95. The van der Waals surface area contributed by atoms with Crippen LogP contribution in [0.15, 0.2) is 12.4 Å². The Morgan fingerprint density at radius 2 is 1.95 bits per heavy atom. The normalized spacial score (nSPS) is 38.6. The van der Waals surface area contributed by atoms with Crippen LogP contribution in [0.4, 0.5) is 0 Å². The van der Waals surface area contributed by atoms with Gasteiger partial charge in [0.2, 0.25) is 0 Å². The summed E-state index contributed by atoms with van der Waals surface area (Å²) in [5, 5.41) is 15.6. The van der Waals surface area contributed by atoms with Gasteiger partial charge in [-0.15, -0.1) is 0 Å². The Kier molecular flexibility index (Phi) is 2.91.